The molecule has 2 rings (SSSR count). The lowest BCUT2D eigenvalue weighted by atomic mass is 10.1. The van der Waals surface area contributed by atoms with Gasteiger partial charge in [0.1, 0.15) is 0 Å². The molecule has 0 aliphatic heterocycles. The van der Waals surface area contributed by atoms with E-state index >= 15 is 0 Å². The van der Waals surface area contributed by atoms with Crippen LogP contribution in [-0.2, 0) is 11.3 Å². The van der Waals surface area contributed by atoms with Crippen LogP contribution in [0.4, 0.5) is 5.69 Å². The number of aromatic nitrogens is 4. The predicted octanol–water partition coefficient (Wildman–Crippen LogP) is 2.44. The topological polar surface area (TPSA) is 78.8 Å². The number of nitrogen functional groups attached to an aromatic ring is 1. The lowest BCUT2D eigenvalue weighted by Crippen LogP contribution is -2.08. The molecule has 0 aliphatic rings. The van der Waals surface area contributed by atoms with Crippen LogP contribution in [0.25, 0.3) is 11.4 Å². The Kier molecular flexibility index (Phi) is 5.68. The summed E-state index contributed by atoms with van der Waals surface area (Å²) in [5.74, 6) is 0.713. The Balaban J connectivity index is 1.97. The minimum absolute atomic E-state index is 0.713. The van der Waals surface area contributed by atoms with Crippen molar-refractivity contribution in [2.75, 3.05) is 18.9 Å². The van der Waals surface area contributed by atoms with Gasteiger partial charge >= 0.3 is 0 Å². The number of ether oxygens (including phenoxy) is 1. The summed E-state index contributed by atoms with van der Waals surface area (Å²) in [6.45, 7) is 6.41. The van der Waals surface area contributed by atoms with E-state index in [0.29, 0.717) is 5.82 Å². The van der Waals surface area contributed by atoms with Crippen molar-refractivity contribution in [1.29, 1.82) is 0 Å². The Hall–Kier alpha value is -1.95. The molecule has 1 aromatic carbocycles. The first-order chi connectivity index (χ1) is 10.2. The first-order valence-electron chi connectivity index (χ1n) is 7.43. The van der Waals surface area contributed by atoms with E-state index in [1.807, 2.05) is 25.1 Å². The van der Waals surface area contributed by atoms with Crippen molar-refractivity contribution in [3.8, 4) is 11.4 Å². The summed E-state index contributed by atoms with van der Waals surface area (Å²) >= 11 is 0. The first-order valence-corrected chi connectivity index (χ1v) is 7.43. The molecule has 0 bridgehead atoms. The van der Waals surface area contributed by atoms with Gasteiger partial charge in [-0.1, -0.05) is 25.5 Å². The monoisotopic (exact) mass is 289 g/mol. The van der Waals surface area contributed by atoms with Crippen LogP contribution in [0.3, 0.4) is 0 Å². The van der Waals surface area contributed by atoms with Crippen LogP contribution < -0.4 is 5.73 Å². The van der Waals surface area contributed by atoms with Gasteiger partial charge in [0, 0.05) is 31.0 Å². The molecule has 21 heavy (non-hydrogen) atoms. The molecule has 0 aliphatic carbocycles. The predicted molar refractivity (Wildman–Crippen MR) is 82.7 cm³/mol. The number of hydrogen-bond donors (Lipinski definition) is 1. The zero-order valence-corrected chi connectivity index (χ0v) is 12.7. The van der Waals surface area contributed by atoms with Gasteiger partial charge in [-0.3, -0.25) is 0 Å². The summed E-state index contributed by atoms with van der Waals surface area (Å²) in [5.41, 5.74) is 8.76. The quantitative estimate of drug-likeness (QED) is 0.596. The summed E-state index contributed by atoms with van der Waals surface area (Å²) in [7, 11) is 0. The van der Waals surface area contributed by atoms with Gasteiger partial charge in [-0.25, -0.2) is 4.68 Å². The van der Waals surface area contributed by atoms with Crippen LogP contribution in [0, 0.1) is 6.92 Å². The van der Waals surface area contributed by atoms with Crippen molar-refractivity contribution >= 4 is 5.69 Å². The Morgan fingerprint density at radius 1 is 1.24 bits per heavy atom. The van der Waals surface area contributed by atoms with E-state index < -0.39 is 0 Å². The van der Waals surface area contributed by atoms with Crippen LogP contribution in [0.5, 0.6) is 0 Å². The van der Waals surface area contributed by atoms with E-state index in [-0.39, 0.29) is 0 Å². The van der Waals surface area contributed by atoms with Crippen molar-refractivity contribution in [3.63, 3.8) is 0 Å². The zero-order chi connectivity index (χ0) is 15.1. The van der Waals surface area contributed by atoms with E-state index in [1.165, 1.54) is 0 Å². The molecule has 0 spiro atoms. The van der Waals surface area contributed by atoms with E-state index in [4.69, 9.17) is 10.5 Å². The number of hydrogen-bond acceptors (Lipinski definition) is 5. The lowest BCUT2D eigenvalue weighted by molar-refractivity contribution is 0.125. The van der Waals surface area contributed by atoms with Crippen LogP contribution in [0.2, 0.25) is 0 Å². The molecule has 6 nitrogen and oxygen atoms in total. The molecule has 1 heterocycles. The van der Waals surface area contributed by atoms with E-state index in [0.717, 1.165) is 55.8 Å². The molecule has 6 heteroatoms. The smallest absolute Gasteiger partial charge is 0.184 e. The Morgan fingerprint density at radius 3 is 2.86 bits per heavy atom. The highest BCUT2D eigenvalue weighted by atomic mass is 16.5. The molecule has 0 atom stereocenters. The molecule has 1 aromatic heterocycles. The van der Waals surface area contributed by atoms with Crippen molar-refractivity contribution in [1.82, 2.24) is 20.2 Å². The molecule has 2 N–H and O–H groups in total. The third-order valence-electron chi connectivity index (χ3n) is 3.40. The first kappa shape index (κ1) is 15.4. The summed E-state index contributed by atoms with van der Waals surface area (Å²) in [5, 5.41) is 11.9. The Morgan fingerprint density at radius 2 is 2.05 bits per heavy atom. The minimum Gasteiger partial charge on any atom is -0.398 e. The fraction of sp³-hybridized carbons (Fsp3) is 0.533. The van der Waals surface area contributed by atoms with Crippen molar-refractivity contribution in [3.05, 3.63) is 23.8 Å². The number of tetrazole rings is 1. The van der Waals surface area contributed by atoms with Crippen LogP contribution >= 0.6 is 0 Å². The molecule has 0 radical (unpaired) electrons. The average molecular weight is 289 g/mol. The lowest BCUT2D eigenvalue weighted by Gasteiger charge is -2.09. The fourth-order valence-electron chi connectivity index (χ4n) is 2.09. The maximum absolute atomic E-state index is 6.12. The standard InChI is InChI=1S/C15H23N5O/c1-3-4-10-21-11-6-9-20-15(17-18-19-20)13-8-5-7-12(2)14(13)16/h5,7-8H,3-4,6,9-11,16H2,1-2H3. The van der Waals surface area contributed by atoms with Crippen LogP contribution in [-0.4, -0.2) is 33.4 Å². The molecule has 0 saturated heterocycles. The van der Waals surface area contributed by atoms with Crippen LogP contribution in [0.15, 0.2) is 18.2 Å². The third-order valence-corrected chi connectivity index (χ3v) is 3.40. The number of para-hydroxylation sites is 1. The number of benzene rings is 1. The third kappa shape index (κ3) is 4.01. The molecule has 0 amide bonds. The number of rotatable bonds is 8. The van der Waals surface area contributed by atoms with Gasteiger partial charge < -0.3 is 10.5 Å². The minimum atomic E-state index is 0.713. The number of aryl methyl sites for hydroxylation is 2. The second-order valence-corrected chi connectivity index (χ2v) is 5.08. The molecule has 2 aromatic rings. The summed E-state index contributed by atoms with van der Waals surface area (Å²) < 4.78 is 7.34. The molecule has 0 unspecified atom stereocenters. The van der Waals surface area contributed by atoms with Gasteiger partial charge in [0.2, 0.25) is 0 Å². The SMILES string of the molecule is CCCCOCCCn1nnnc1-c1cccc(C)c1N. The average Bonchev–Trinajstić information content (AvgIpc) is 2.94. The van der Waals surface area contributed by atoms with E-state index in [9.17, 15) is 0 Å². The van der Waals surface area contributed by atoms with Gasteiger partial charge in [-0.2, -0.15) is 0 Å². The maximum Gasteiger partial charge on any atom is 0.184 e. The van der Waals surface area contributed by atoms with Gasteiger partial charge in [-0.15, -0.1) is 5.10 Å². The van der Waals surface area contributed by atoms with Crippen LogP contribution in [0.1, 0.15) is 31.7 Å². The summed E-state index contributed by atoms with van der Waals surface area (Å²) in [4.78, 5) is 0. The van der Waals surface area contributed by atoms with E-state index in [1.54, 1.807) is 4.68 Å². The highest BCUT2D eigenvalue weighted by Gasteiger charge is 2.12. The number of nitrogens with zero attached hydrogens (tertiary/aromatic N) is 4. The molecule has 0 fully saturated rings. The van der Waals surface area contributed by atoms with Gasteiger partial charge in [0.15, 0.2) is 5.82 Å². The Labute approximate surface area is 125 Å². The van der Waals surface area contributed by atoms with Crippen molar-refractivity contribution in [2.45, 2.75) is 39.7 Å². The summed E-state index contributed by atoms with van der Waals surface area (Å²) in [6.07, 6.45) is 3.15. The maximum atomic E-state index is 6.12. The van der Waals surface area contributed by atoms with Gasteiger partial charge in [0.05, 0.1) is 0 Å². The normalized spacial score (nSPS) is 11.0. The number of anilines is 1. The van der Waals surface area contributed by atoms with Gasteiger partial charge in [0.25, 0.3) is 0 Å². The molecular formula is C15H23N5O. The summed E-state index contributed by atoms with van der Waals surface area (Å²) in [6, 6.07) is 5.89. The van der Waals surface area contributed by atoms with Crippen molar-refractivity contribution in [2.24, 2.45) is 0 Å². The number of nitrogens with two attached hydrogens (primary N) is 1. The fourth-order valence-corrected chi connectivity index (χ4v) is 2.09. The van der Waals surface area contributed by atoms with Crippen molar-refractivity contribution < 1.29 is 4.74 Å². The highest BCUT2D eigenvalue weighted by molar-refractivity contribution is 5.73. The second-order valence-electron chi connectivity index (χ2n) is 5.08. The largest absolute Gasteiger partial charge is 0.398 e. The molecular weight excluding hydrogens is 266 g/mol. The second kappa shape index (κ2) is 7.73. The van der Waals surface area contributed by atoms with Gasteiger partial charge in [-0.05, 0) is 41.8 Å². The number of unbranched alkanes of at least 4 members (excludes halogenated alkanes) is 1. The Bertz CT molecular complexity index is 567. The molecule has 0 saturated carbocycles. The highest BCUT2D eigenvalue weighted by Crippen LogP contribution is 2.25. The zero-order valence-electron chi connectivity index (χ0n) is 12.7. The van der Waals surface area contributed by atoms with E-state index in [2.05, 4.69) is 22.4 Å². The molecule has 114 valence electrons.